The van der Waals surface area contributed by atoms with Crippen molar-refractivity contribution in [2.75, 3.05) is 11.1 Å². The number of carbonyl (C=O) groups excluding carboxylic acids is 2. The standard InChI is InChI=1S/C11H12N4O4/c12-7-5-6(15(18)19)1-2-8(7)13-9-3-4-10(16)14-11(9)17/h1-2,5,9,13H,3-4,12H2,(H,14,16,17). The van der Waals surface area contributed by atoms with E-state index < -0.39 is 16.9 Å². The van der Waals surface area contributed by atoms with Crippen LogP contribution in [-0.4, -0.2) is 22.8 Å². The van der Waals surface area contributed by atoms with Gasteiger partial charge >= 0.3 is 0 Å². The number of rotatable bonds is 3. The molecule has 0 spiro atoms. The van der Waals surface area contributed by atoms with Gasteiger partial charge in [0.25, 0.3) is 5.69 Å². The maximum atomic E-state index is 11.6. The molecule has 0 aromatic heterocycles. The number of imide groups is 1. The van der Waals surface area contributed by atoms with E-state index in [0.717, 1.165) is 0 Å². The Bertz CT molecular complexity index is 558. The maximum Gasteiger partial charge on any atom is 0.271 e. The molecule has 8 heteroatoms. The number of nitro benzene ring substituents is 1. The van der Waals surface area contributed by atoms with E-state index in [0.29, 0.717) is 12.1 Å². The summed E-state index contributed by atoms with van der Waals surface area (Å²) in [5, 5.41) is 15.7. The number of nitrogens with one attached hydrogen (secondary N) is 2. The minimum Gasteiger partial charge on any atom is -0.397 e. The molecule has 1 heterocycles. The Hall–Kier alpha value is -2.64. The second kappa shape index (κ2) is 4.92. The number of anilines is 2. The number of hydrogen-bond donors (Lipinski definition) is 3. The molecule has 1 aromatic carbocycles. The first-order chi connectivity index (χ1) is 8.97. The molecule has 0 radical (unpaired) electrons. The van der Waals surface area contributed by atoms with Crippen molar-refractivity contribution in [3.63, 3.8) is 0 Å². The van der Waals surface area contributed by atoms with Gasteiger partial charge in [-0.1, -0.05) is 0 Å². The van der Waals surface area contributed by atoms with Crippen LogP contribution in [0, 0.1) is 10.1 Å². The van der Waals surface area contributed by atoms with Crippen LogP contribution < -0.4 is 16.4 Å². The molecule has 1 unspecified atom stereocenters. The first-order valence-corrected chi connectivity index (χ1v) is 5.61. The van der Waals surface area contributed by atoms with E-state index in [1.165, 1.54) is 18.2 Å². The summed E-state index contributed by atoms with van der Waals surface area (Å²) in [6.45, 7) is 0. The van der Waals surface area contributed by atoms with E-state index in [4.69, 9.17) is 5.73 Å². The van der Waals surface area contributed by atoms with Gasteiger partial charge in [-0.2, -0.15) is 0 Å². The summed E-state index contributed by atoms with van der Waals surface area (Å²) in [4.78, 5) is 32.6. The summed E-state index contributed by atoms with van der Waals surface area (Å²) in [6.07, 6.45) is 0.609. The molecule has 1 fully saturated rings. The molecule has 0 aliphatic carbocycles. The molecule has 1 saturated heterocycles. The lowest BCUT2D eigenvalue weighted by Gasteiger charge is -2.23. The van der Waals surface area contributed by atoms with E-state index in [9.17, 15) is 19.7 Å². The van der Waals surface area contributed by atoms with Gasteiger partial charge in [-0.3, -0.25) is 25.0 Å². The first-order valence-electron chi connectivity index (χ1n) is 5.61. The fourth-order valence-electron chi connectivity index (χ4n) is 1.81. The predicted molar refractivity (Wildman–Crippen MR) is 67.3 cm³/mol. The molecule has 1 aromatic rings. The van der Waals surface area contributed by atoms with Crippen LogP contribution in [0.1, 0.15) is 12.8 Å². The van der Waals surface area contributed by atoms with Gasteiger partial charge in [0.05, 0.1) is 16.3 Å². The Morgan fingerprint density at radius 1 is 1.42 bits per heavy atom. The van der Waals surface area contributed by atoms with E-state index in [1.54, 1.807) is 0 Å². The zero-order chi connectivity index (χ0) is 14.0. The molecule has 100 valence electrons. The van der Waals surface area contributed by atoms with Crippen LogP contribution in [0.25, 0.3) is 0 Å². The van der Waals surface area contributed by atoms with Gasteiger partial charge < -0.3 is 11.1 Å². The molecular formula is C11H12N4O4. The molecule has 1 atom stereocenters. The highest BCUT2D eigenvalue weighted by atomic mass is 16.6. The van der Waals surface area contributed by atoms with E-state index in [2.05, 4.69) is 10.6 Å². The van der Waals surface area contributed by atoms with Gasteiger partial charge in [0, 0.05) is 18.6 Å². The smallest absolute Gasteiger partial charge is 0.271 e. The summed E-state index contributed by atoms with van der Waals surface area (Å²) in [7, 11) is 0. The summed E-state index contributed by atoms with van der Waals surface area (Å²) in [6, 6.07) is 3.39. The van der Waals surface area contributed by atoms with Crippen molar-refractivity contribution < 1.29 is 14.5 Å². The fraction of sp³-hybridized carbons (Fsp3) is 0.273. The number of hydrogen-bond acceptors (Lipinski definition) is 6. The molecule has 1 aliphatic rings. The van der Waals surface area contributed by atoms with Crippen LogP contribution in [0.3, 0.4) is 0 Å². The van der Waals surface area contributed by atoms with E-state index in [-0.39, 0.29) is 23.7 Å². The predicted octanol–water partition coefficient (Wildman–Crippen LogP) is 0.394. The van der Waals surface area contributed by atoms with Gasteiger partial charge in [-0.15, -0.1) is 0 Å². The lowest BCUT2D eigenvalue weighted by Crippen LogP contribution is -2.47. The van der Waals surface area contributed by atoms with Crippen LogP contribution in [0.2, 0.25) is 0 Å². The normalized spacial score (nSPS) is 18.8. The van der Waals surface area contributed by atoms with Crippen molar-refractivity contribution in [1.29, 1.82) is 0 Å². The summed E-state index contributed by atoms with van der Waals surface area (Å²) < 4.78 is 0. The van der Waals surface area contributed by atoms with Crippen LogP contribution in [0.4, 0.5) is 17.1 Å². The average Bonchev–Trinajstić information content (AvgIpc) is 2.34. The largest absolute Gasteiger partial charge is 0.397 e. The van der Waals surface area contributed by atoms with Gasteiger partial charge in [-0.25, -0.2) is 0 Å². The van der Waals surface area contributed by atoms with Crippen LogP contribution >= 0.6 is 0 Å². The van der Waals surface area contributed by atoms with Crippen LogP contribution in [0.15, 0.2) is 18.2 Å². The average molecular weight is 264 g/mol. The van der Waals surface area contributed by atoms with Crippen molar-refractivity contribution in [3.8, 4) is 0 Å². The molecule has 0 saturated carbocycles. The second-order valence-corrected chi connectivity index (χ2v) is 4.18. The van der Waals surface area contributed by atoms with Gasteiger partial charge in [0.2, 0.25) is 11.8 Å². The quantitative estimate of drug-likeness (QED) is 0.313. The number of benzene rings is 1. The third-order valence-corrected chi connectivity index (χ3v) is 2.81. The maximum absolute atomic E-state index is 11.6. The lowest BCUT2D eigenvalue weighted by molar-refractivity contribution is -0.384. The molecule has 8 nitrogen and oxygen atoms in total. The number of piperidine rings is 1. The van der Waals surface area contributed by atoms with Crippen molar-refractivity contribution in [2.45, 2.75) is 18.9 Å². The first kappa shape index (κ1) is 12.8. The monoisotopic (exact) mass is 264 g/mol. The zero-order valence-corrected chi connectivity index (χ0v) is 9.88. The summed E-state index contributed by atoms with van der Waals surface area (Å²) in [5.41, 5.74) is 6.17. The third-order valence-electron chi connectivity index (χ3n) is 2.81. The highest BCUT2D eigenvalue weighted by molar-refractivity contribution is 6.01. The number of nitrogens with zero attached hydrogens (tertiary/aromatic N) is 1. The Morgan fingerprint density at radius 2 is 2.16 bits per heavy atom. The highest BCUT2D eigenvalue weighted by Crippen LogP contribution is 2.25. The van der Waals surface area contributed by atoms with E-state index >= 15 is 0 Å². The molecule has 19 heavy (non-hydrogen) atoms. The minimum atomic E-state index is -0.568. The van der Waals surface area contributed by atoms with Crippen molar-refractivity contribution in [3.05, 3.63) is 28.3 Å². The number of nitrogens with two attached hydrogens (primary N) is 1. The van der Waals surface area contributed by atoms with Crippen LogP contribution in [-0.2, 0) is 9.59 Å². The number of nitro groups is 1. The fourth-order valence-corrected chi connectivity index (χ4v) is 1.81. The van der Waals surface area contributed by atoms with Crippen molar-refractivity contribution >= 4 is 28.9 Å². The van der Waals surface area contributed by atoms with E-state index in [1.807, 2.05) is 0 Å². The SMILES string of the molecule is Nc1cc([N+](=O)[O-])ccc1NC1CCC(=O)NC1=O. The molecule has 1 aliphatic heterocycles. The molecular weight excluding hydrogens is 252 g/mol. The Morgan fingerprint density at radius 3 is 2.74 bits per heavy atom. The molecule has 2 amide bonds. The number of amides is 2. The summed E-state index contributed by atoms with van der Waals surface area (Å²) >= 11 is 0. The van der Waals surface area contributed by atoms with Crippen molar-refractivity contribution in [2.24, 2.45) is 0 Å². The molecule has 0 bridgehead atoms. The minimum absolute atomic E-state index is 0.119. The zero-order valence-electron chi connectivity index (χ0n) is 9.88. The van der Waals surface area contributed by atoms with Gasteiger partial charge in [0.15, 0.2) is 0 Å². The molecule has 4 N–H and O–H groups in total. The Labute approximate surface area is 108 Å². The van der Waals surface area contributed by atoms with Gasteiger partial charge in [-0.05, 0) is 12.5 Å². The lowest BCUT2D eigenvalue weighted by atomic mass is 10.1. The third kappa shape index (κ3) is 2.79. The number of carbonyl (C=O) groups is 2. The second-order valence-electron chi connectivity index (χ2n) is 4.18. The summed E-state index contributed by atoms with van der Waals surface area (Å²) in [5.74, 6) is -0.728. The number of non-ortho nitro benzene ring substituents is 1. The number of nitrogen functional groups attached to an aromatic ring is 1. The Balaban J connectivity index is 2.13. The van der Waals surface area contributed by atoms with Crippen LogP contribution in [0.5, 0.6) is 0 Å². The highest BCUT2D eigenvalue weighted by Gasteiger charge is 2.26. The topological polar surface area (TPSA) is 127 Å². The molecule has 2 rings (SSSR count). The van der Waals surface area contributed by atoms with Gasteiger partial charge in [0.1, 0.15) is 6.04 Å². The van der Waals surface area contributed by atoms with Crippen molar-refractivity contribution in [1.82, 2.24) is 5.32 Å². The Kier molecular flexibility index (Phi) is 3.32.